The van der Waals surface area contributed by atoms with Crippen LogP contribution in [0.15, 0.2) is 30.3 Å². The van der Waals surface area contributed by atoms with Gasteiger partial charge in [-0.2, -0.15) is 0 Å². The molecule has 1 unspecified atom stereocenters. The average Bonchev–Trinajstić information content (AvgIpc) is 3.30. The first-order valence-electron chi connectivity index (χ1n) is 9.46. The van der Waals surface area contributed by atoms with Crippen molar-refractivity contribution >= 4 is 11.5 Å². The molecule has 0 radical (unpaired) electrons. The van der Waals surface area contributed by atoms with Crippen LogP contribution in [0.4, 0.5) is 0 Å². The van der Waals surface area contributed by atoms with Gasteiger partial charge in [-0.15, -0.1) is 0 Å². The number of rotatable bonds is 2. The van der Waals surface area contributed by atoms with Crippen molar-refractivity contribution in [2.45, 2.75) is 50.0 Å². The third kappa shape index (κ3) is 2.03. The van der Waals surface area contributed by atoms with Crippen LogP contribution in [0.3, 0.4) is 0 Å². The maximum Gasteiger partial charge on any atom is 0.336 e. The minimum atomic E-state index is -0.783. The summed E-state index contributed by atoms with van der Waals surface area (Å²) >= 11 is 0. The number of hydrogen-bond acceptors (Lipinski definition) is 2. The number of carboxylic acid groups (broad SMARTS) is 1. The molecule has 128 valence electrons. The second-order valence-corrected chi connectivity index (χ2v) is 8.34. The summed E-state index contributed by atoms with van der Waals surface area (Å²) in [6.45, 7) is 2.23. The number of likely N-dealkylation sites (tertiary alicyclic amines) is 1. The van der Waals surface area contributed by atoms with Gasteiger partial charge in [0, 0.05) is 12.9 Å². The standard InChI is InChI=1S/C21H25NO2.H2/c23-20(24)17-13-21(18-4-2-1-3-16(17)18)7-9-22(10-8-21)19-12-14-5-6-15(19)11-14;/h1-4,13-15,19H,5-12H2,(H,23,24);1H/t14-,15-,19?;/m1./s1. The fraction of sp³-hybridized carbons (Fsp3) is 0.571. The molecule has 1 spiro atoms. The maximum atomic E-state index is 11.7. The Kier molecular flexibility index (Phi) is 3.18. The molecule has 1 aromatic carbocycles. The van der Waals surface area contributed by atoms with Crippen LogP contribution < -0.4 is 0 Å². The highest BCUT2D eigenvalue weighted by Gasteiger charge is 2.47. The number of fused-ring (bicyclic) bond motifs is 4. The van der Waals surface area contributed by atoms with Gasteiger partial charge >= 0.3 is 5.97 Å². The summed E-state index contributed by atoms with van der Waals surface area (Å²) in [5, 5.41) is 9.59. The van der Waals surface area contributed by atoms with Gasteiger partial charge in [0.25, 0.3) is 0 Å². The van der Waals surface area contributed by atoms with Crippen molar-refractivity contribution in [1.82, 2.24) is 4.90 Å². The molecule has 1 N–H and O–H groups in total. The van der Waals surface area contributed by atoms with E-state index in [1.165, 1.54) is 31.2 Å². The van der Waals surface area contributed by atoms with Gasteiger partial charge in [-0.1, -0.05) is 36.8 Å². The number of allylic oxidation sites excluding steroid dienone is 1. The second kappa shape index (κ2) is 5.19. The van der Waals surface area contributed by atoms with Crippen LogP contribution in [0, 0.1) is 11.8 Å². The lowest BCUT2D eigenvalue weighted by Gasteiger charge is -2.44. The molecular formula is C21H27NO2. The van der Waals surface area contributed by atoms with Crippen LogP contribution in [0.1, 0.15) is 51.1 Å². The Morgan fingerprint density at radius 2 is 1.96 bits per heavy atom. The third-order valence-corrected chi connectivity index (χ3v) is 7.26. The van der Waals surface area contributed by atoms with Crippen molar-refractivity contribution in [3.63, 3.8) is 0 Å². The van der Waals surface area contributed by atoms with Crippen LogP contribution >= 0.6 is 0 Å². The highest BCUT2D eigenvalue weighted by molar-refractivity contribution is 6.17. The summed E-state index contributed by atoms with van der Waals surface area (Å²) in [7, 11) is 0. The molecule has 3 atom stereocenters. The lowest BCUT2D eigenvalue weighted by Crippen LogP contribution is -2.47. The second-order valence-electron chi connectivity index (χ2n) is 8.34. The summed E-state index contributed by atoms with van der Waals surface area (Å²) in [5.41, 5.74) is 2.66. The van der Waals surface area contributed by atoms with Crippen LogP contribution in [0.2, 0.25) is 0 Å². The van der Waals surface area contributed by atoms with E-state index in [2.05, 4.69) is 23.1 Å². The number of benzene rings is 1. The maximum absolute atomic E-state index is 11.7. The number of hydrogen-bond donors (Lipinski definition) is 1. The Bertz CT molecular complexity index is 720. The van der Waals surface area contributed by atoms with Crippen molar-refractivity contribution in [3.8, 4) is 0 Å². The largest absolute Gasteiger partial charge is 0.478 e. The molecule has 3 heteroatoms. The molecule has 1 aliphatic heterocycles. The molecule has 1 heterocycles. The van der Waals surface area contributed by atoms with Crippen molar-refractivity contribution in [1.29, 1.82) is 0 Å². The topological polar surface area (TPSA) is 40.5 Å². The van der Waals surface area contributed by atoms with Crippen molar-refractivity contribution in [2.24, 2.45) is 11.8 Å². The van der Waals surface area contributed by atoms with E-state index in [0.29, 0.717) is 5.57 Å². The molecule has 1 saturated heterocycles. The monoisotopic (exact) mass is 325 g/mol. The first-order chi connectivity index (χ1) is 11.7. The molecule has 3 nitrogen and oxygen atoms in total. The van der Waals surface area contributed by atoms with Crippen LogP contribution in [0.25, 0.3) is 5.57 Å². The Hall–Kier alpha value is -1.61. The number of carbonyl (C=O) groups is 1. The predicted molar refractivity (Wildman–Crippen MR) is 95.9 cm³/mol. The molecule has 0 amide bonds. The lowest BCUT2D eigenvalue weighted by molar-refractivity contribution is -0.130. The molecule has 5 rings (SSSR count). The van der Waals surface area contributed by atoms with Crippen molar-refractivity contribution in [3.05, 3.63) is 41.5 Å². The highest BCUT2D eigenvalue weighted by atomic mass is 16.4. The van der Waals surface area contributed by atoms with Crippen LogP contribution in [-0.2, 0) is 10.2 Å². The minimum absolute atomic E-state index is 0. The first kappa shape index (κ1) is 14.7. The summed E-state index contributed by atoms with van der Waals surface area (Å²) < 4.78 is 0. The van der Waals surface area contributed by atoms with Crippen molar-refractivity contribution in [2.75, 3.05) is 13.1 Å². The van der Waals surface area contributed by atoms with Crippen LogP contribution in [-0.4, -0.2) is 35.1 Å². The van der Waals surface area contributed by atoms with E-state index in [0.717, 1.165) is 49.4 Å². The fourth-order valence-corrected chi connectivity index (χ4v) is 6.09. The summed E-state index contributed by atoms with van der Waals surface area (Å²) in [6, 6.07) is 8.95. The number of nitrogens with zero attached hydrogens (tertiary/aromatic N) is 1. The summed E-state index contributed by atoms with van der Waals surface area (Å²) in [6.07, 6.45) is 9.95. The van der Waals surface area contributed by atoms with Gasteiger partial charge in [-0.05, 0) is 68.2 Å². The zero-order chi connectivity index (χ0) is 16.3. The van der Waals surface area contributed by atoms with E-state index in [4.69, 9.17) is 0 Å². The van der Waals surface area contributed by atoms with Gasteiger partial charge in [0.1, 0.15) is 0 Å². The lowest BCUT2D eigenvalue weighted by atomic mass is 9.74. The predicted octanol–water partition coefficient (Wildman–Crippen LogP) is 3.94. The Morgan fingerprint density at radius 3 is 2.62 bits per heavy atom. The Labute approximate surface area is 144 Å². The van der Waals surface area contributed by atoms with Gasteiger partial charge in [0.15, 0.2) is 0 Å². The van der Waals surface area contributed by atoms with Crippen LogP contribution in [0.5, 0.6) is 0 Å². The SMILES string of the molecule is O=C(O)C1=CC2(CCN(C3C[C@@H]4CC[C@@H]3C4)CC2)c2ccccc21.[HH]. The molecular weight excluding hydrogens is 298 g/mol. The Morgan fingerprint density at radius 1 is 1.17 bits per heavy atom. The molecule has 3 aliphatic carbocycles. The van der Waals surface area contributed by atoms with Gasteiger partial charge < -0.3 is 10.0 Å². The fourth-order valence-electron chi connectivity index (χ4n) is 6.09. The smallest absolute Gasteiger partial charge is 0.336 e. The van der Waals surface area contributed by atoms with E-state index in [1.807, 2.05) is 12.1 Å². The zero-order valence-electron chi connectivity index (χ0n) is 14.1. The number of carboxylic acids is 1. The first-order valence-corrected chi connectivity index (χ1v) is 9.46. The number of piperidine rings is 1. The van der Waals surface area contributed by atoms with Gasteiger partial charge in [-0.25, -0.2) is 4.79 Å². The normalized spacial score (nSPS) is 33.7. The molecule has 2 bridgehead atoms. The van der Waals surface area contributed by atoms with E-state index < -0.39 is 5.97 Å². The zero-order valence-corrected chi connectivity index (χ0v) is 14.1. The molecule has 4 aliphatic rings. The average molecular weight is 325 g/mol. The molecule has 24 heavy (non-hydrogen) atoms. The van der Waals surface area contributed by atoms with Gasteiger partial charge in [-0.3, -0.25) is 0 Å². The van der Waals surface area contributed by atoms with E-state index in [-0.39, 0.29) is 6.84 Å². The molecule has 3 fully saturated rings. The van der Waals surface area contributed by atoms with E-state index in [9.17, 15) is 9.90 Å². The molecule has 0 aromatic heterocycles. The Balaban J connectivity index is 0.00000157. The van der Waals surface area contributed by atoms with E-state index >= 15 is 0 Å². The summed E-state index contributed by atoms with van der Waals surface area (Å²) in [4.78, 5) is 14.4. The van der Waals surface area contributed by atoms with Gasteiger partial charge in [0.05, 0.1) is 5.57 Å². The quantitative estimate of drug-likeness (QED) is 0.895. The van der Waals surface area contributed by atoms with Crippen molar-refractivity contribution < 1.29 is 11.3 Å². The van der Waals surface area contributed by atoms with E-state index in [1.54, 1.807) is 0 Å². The minimum Gasteiger partial charge on any atom is -0.478 e. The number of aliphatic carboxylic acids is 1. The highest BCUT2D eigenvalue weighted by Crippen LogP contribution is 2.50. The van der Waals surface area contributed by atoms with Gasteiger partial charge in [0.2, 0.25) is 0 Å². The summed E-state index contributed by atoms with van der Waals surface area (Å²) in [5.74, 6) is 1.14. The molecule has 1 aromatic rings. The third-order valence-electron chi connectivity index (χ3n) is 7.26. The molecule has 2 saturated carbocycles.